The van der Waals surface area contributed by atoms with Crippen molar-refractivity contribution in [3.8, 4) is 11.4 Å². The molecule has 0 radical (unpaired) electrons. The second-order valence-corrected chi connectivity index (χ2v) is 6.60. The van der Waals surface area contributed by atoms with Gasteiger partial charge < -0.3 is 15.0 Å². The van der Waals surface area contributed by atoms with E-state index < -0.39 is 0 Å². The van der Waals surface area contributed by atoms with E-state index in [9.17, 15) is 0 Å². The Morgan fingerprint density at radius 3 is 2.83 bits per heavy atom. The minimum absolute atomic E-state index is 0.557. The Bertz CT molecular complexity index is 692. The zero-order valence-corrected chi connectivity index (χ0v) is 13.9. The third-order valence-electron chi connectivity index (χ3n) is 5.01. The maximum absolute atomic E-state index is 5.26. The molecule has 2 aliphatic heterocycles. The molecule has 3 heterocycles. The highest BCUT2D eigenvalue weighted by atomic mass is 16.5. The highest BCUT2D eigenvalue weighted by molar-refractivity contribution is 5.58. The number of likely N-dealkylation sites (N-methyl/N-ethyl adjacent to an activating group) is 1. The SMILES string of the molecule is COc1ccc(-n2nc(C3CCCN(C)C3)c3c2NCC3)cc1. The number of piperidine rings is 1. The van der Waals surface area contributed by atoms with Gasteiger partial charge in [0.1, 0.15) is 11.6 Å². The second-order valence-electron chi connectivity index (χ2n) is 6.60. The van der Waals surface area contributed by atoms with E-state index in [1.165, 1.54) is 36.5 Å². The van der Waals surface area contributed by atoms with Crippen molar-refractivity contribution in [3.63, 3.8) is 0 Å². The number of ether oxygens (including phenoxy) is 1. The van der Waals surface area contributed by atoms with E-state index in [0.29, 0.717) is 5.92 Å². The summed E-state index contributed by atoms with van der Waals surface area (Å²) in [5, 5.41) is 8.52. The molecule has 1 atom stereocenters. The first-order chi connectivity index (χ1) is 11.3. The Morgan fingerprint density at radius 2 is 2.09 bits per heavy atom. The molecule has 2 aliphatic rings. The van der Waals surface area contributed by atoms with Gasteiger partial charge in [-0.3, -0.25) is 0 Å². The fraction of sp³-hybridized carbons (Fsp3) is 0.500. The summed E-state index contributed by atoms with van der Waals surface area (Å²) in [6, 6.07) is 8.13. The van der Waals surface area contributed by atoms with E-state index in [2.05, 4.69) is 34.1 Å². The molecule has 5 nitrogen and oxygen atoms in total. The van der Waals surface area contributed by atoms with Crippen LogP contribution in [0.5, 0.6) is 5.75 Å². The quantitative estimate of drug-likeness (QED) is 0.946. The lowest BCUT2D eigenvalue weighted by Gasteiger charge is -2.29. The van der Waals surface area contributed by atoms with Crippen LogP contribution in [0.15, 0.2) is 24.3 Å². The number of nitrogens with zero attached hydrogens (tertiary/aromatic N) is 3. The molecule has 2 aromatic rings. The van der Waals surface area contributed by atoms with Gasteiger partial charge in [0, 0.05) is 24.6 Å². The zero-order valence-electron chi connectivity index (χ0n) is 13.9. The molecular weight excluding hydrogens is 288 g/mol. The predicted octanol–water partition coefficient (Wildman–Crippen LogP) is 2.66. The van der Waals surface area contributed by atoms with Crippen LogP contribution in [0.4, 0.5) is 5.82 Å². The van der Waals surface area contributed by atoms with Gasteiger partial charge in [0.15, 0.2) is 0 Å². The smallest absolute Gasteiger partial charge is 0.133 e. The summed E-state index contributed by atoms with van der Waals surface area (Å²) in [7, 11) is 3.91. The van der Waals surface area contributed by atoms with Crippen LogP contribution in [0.25, 0.3) is 5.69 Å². The largest absolute Gasteiger partial charge is 0.497 e. The molecule has 4 rings (SSSR count). The van der Waals surface area contributed by atoms with Crippen molar-refractivity contribution in [2.24, 2.45) is 0 Å². The van der Waals surface area contributed by atoms with E-state index in [1.807, 2.05) is 12.1 Å². The molecule has 1 saturated heterocycles. The van der Waals surface area contributed by atoms with Crippen molar-refractivity contribution in [2.45, 2.75) is 25.2 Å². The molecule has 23 heavy (non-hydrogen) atoms. The lowest BCUT2D eigenvalue weighted by Crippen LogP contribution is -2.31. The first-order valence-corrected chi connectivity index (χ1v) is 8.45. The fourth-order valence-electron chi connectivity index (χ4n) is 3.83. The van der Waals surface area contributed by atoms with Crippen LogP contribution in [0.1, 0.15) is 30.0 Å². The fourth-order valence-corrected chi connectivity index (χ4v) is 3.83. The summed E-state index contributed by atoms with van der Waals surface area (Å²) in [5.41, 5.74) is 3.81. The topological polar surface area (TPSA) is 42.3 Å². The molecule has 0 bridgehead atoms. The Morgan fingerprint density at radius 1 is 1.26 bits per heavy atom. The number of methoxy groups -OCH3 is 1. The molecule has 0 aliphatic carbocycles. The van der Waals surface area contributed by atoms with Gasteiger partial charge in [-0.15, -0.1) is 0 Å². The molecule has 1 N–H and O–H groups in total. The number of rotatable bonds is 3. The van der Waals surface area contributed by atoms with Gasteiger partial charge in [0.05, 0.1) is 18.5 Å². The molecule has 1 fully saturated rings. The summed E-state index contributed by atoms with van der Waals surface area (Å²) < 4.78 is 7.33. The lowest BCUT2D eigenvalue weighted by atomic mass is 9.92. The van der Waals surface area contributed by atoms with E-state index in [-0.39, 0.29) is 0 Å². The maximum Gasteiger partial charge on any atom is 0.133 e. The molecule has 1 unspecified atom stereocenters. The zero-order chi connectivity index (χ0) is 15.8. The minimum atomic E-state index is 0.557. The molecule has 5 heteroatoms. The Labute approximate surface area is 137 Å². The number of likely N-dealkylation sites (tertiary alicyclic amines) is 1. The maximum atomic E-state index is 5.26. The number of aromatic nitrogens is 2. The lowest BCUT2D eigenvalue weighted by molar-refractivity contribution is 0.247. The number of benzene rings is 1. The van der Waals surface area contributed by atoms with Crippen LogP contribution in [0.3, 0.4) is 0 Å². The van der Waals surface area contributed by atoms with Crippen molar-refractivity contribution in [3.05, 3.63) is 35.5 Å². The van der Waals surface area contributed by atoms with Crippen molar-refractivity contribution in [1.82, 2.24) is 14.7 Å². The van der Waals surface area contributed by atoms with E-state index in [1.54, 1.807) is 7.11 Å². The van der Waals surface area contributed by atoms with Crippen LogP contribution >= 0.6 is 0 Å². The third-order valence-corrected chi connectivity index (χ3v) is 5.01. The monoisotopic (exact) mass is 312 g/mol. The standard InChI is InChI=1S/C18H24N4O/c1-21-11-3-4-13(12-21)17-16-9-10-19-18(16)22(20-17)14-5-7-15(23-2)8-6-14/h5-8,13,19H,3-4,9-12H2,1-2H3. The van der Waals surface area contributed by atoms with Gasteiger partial charge >= 0.3 is 0 Å². The van der Waals surface area contributed by atoms with Gasteiger partial charge in [0.25, 0.3) is 0 Å². The number of fused-ring (bicyclic) bond motifs is 1. The third kappa shape index (κ3) is 2.59. The van der Waals surface area contributed by atoms with Crippen LogP contribution in [0.2, 0.25) is 0 Å². The summed E-state index contributed by atoms with van der Waals surface area (Å²) >= 11 is 0. The number of hydrogen-bond acceptors (Lipinski definition) is 4. The van der Waals surface area contributed by atoms with Gasteiger partial charge in [0.2, 0.25) is 0 Å². The van der Waals surface area contributed by atoms with Crippen LogP contribution in [-0.2, 0) is 6.42 Å². The first-order valence-electron chi connectivity index (χ1n) is 8.45. The summed E-state index contributed by atoms with van der Waals surface area (Å²) in [6.07, 6.45) is 3.59. The second kappa shape index (κ2) is 5.89. The summed E-state index contributed by atoms with van der Waals surface area (Å²) in [6.45, 7) is 3.33. The summed E-state index contributed by atoms with van der Waals surface area (Å²) in [5.74, 6) is 2.61. The number of nitrogens with one attached hydrogen (secondary N) is 1. The normalized spacial score (nSPS) is 21.0. The average molecular weight is 312 g/mol. The summed E-state index contributed by atoms with van der Waals surface area (Å²) in [4.78, 5) is 2.43. The highest BCUT2D eigenvalue weighted by Crippen LogP contribution is 2.36. The van der Waals surface area contributed by atoms with Crippen molar-refractivity contribution < 1.29 is 4.74 Å². The molecule has 122 valence electrons. The molecule has 0 amide bonds. The predicted molar refractivity (Wildman–Crippen MR) is 91.8 cm³/mol. The molecule has 0 spiro atoms. The molecule has 1 aromatic carbocycles. The van der Waals surface area contributed by atoms with Crippen molar-refractivity contribution in [2.75, 3.05) is 39.1 Å². The van der Waals surface area contributed by atoms with Crippen LogP contribution < -0.4 is 10.1 Å². The van der Waals surface area contributed by atoms with E-state index in [4.69, 9.17) is 9.84 Å². The van der Waals surface area contributed by atoms with Gasteiger partial charge in [-0.1, -0.05) is 0 Å². The van der Waals surface area contributed by atoms with E-state index >= 15 is 0 Å². The molecule has 0 saturated carbocycles. The number of anilines is 1. The van der Waals surface area contributed by atoms with Crippen molar-refractivity contribution in [1.29, 1.82) is 0 Å². The van der Waals surface area contributed by atoms with Gasteiger partial charge in [-0.25, -0.2) is 4.68 Å². The first kappa shape index (κ1) is 14.6. The van der Waals surface area contributed by atoms with Crippen LogP contribution in [0, 0.1) is 0 Å². The number of hydrogen-bond donors (Lipinski definition) is 1. The molecular formula is C18H24N4O. The Hall–Kier alpha value is -2.01. The Balaban J connectivity index is 1.72. The van der Waals surface area contributed by atoms with Crippen molar-refractivity contribution >= 4 is 5.82 Å². The van der Waals surface area contributed by atoms with E-state index in [0.717, 1.165) is 30.9 Å². The van der Waals surface area contributed by atoms with Crippen LogP contribution in [-0.4, -0.2) is 48.5 Å². The van der Waals surface area contributed by atoms with Gasteiger partial charge in [-0.05, 0) is 57.1 Å². The molecule has 1 aromatic heterocycles. The van der Waals surface area contributed by atoms with Gasteiger partial charge in [-0.2, -0.15) is 5.10 Å². The highest BCUT2D eigenvalue weighted by Gasteiger charge is 2.29. The minimum Gasteiger partial charge on any atom is -0.497 e. The average Bonchev–Trinajstić information content (AvgIpc) is 3.17. The Kier molecular flexibility index (Phi) is 3.73.